The molecule has 16 nitrogen and oxygen atoms in total. The molecule has 0 saturated carbocycles. The molecule has 0 spiro atoms. The fourth-order valence-electron chi connectivity index (χ4n) is 6.88. The molecular weight excluding hydrogens is 881 g/mol. The van der Waals surface area contributed by atoms with E-state index in [9.17, 15) is 63.9 Å². The zero-order chi connectivity index (χ0) is 50.9. The van der Waals surface area contributed by atoms with Crippen LogP contribution in [0.15, 0.2) is 97.1 Å². The van der Waals surface area contributed by atoms with Crippen LogP contribution in [0, 0.1) is 11.8 Å². The average Bonchev–Trinajstić information content (AvgIpc) is 3.26. The van der Waals surface area contributed by atoms with Gasteiger partial charge >= 0.3 is 23.9 Å². The molecule has 4 aromatic carbocycles. The SMILES string of the molecule is CC(C)(O)C(=O)c1ccc(COC(=O)C(CC(=O)O)C(CC(=O)OC(Cc2ccc(C(=O)C(C)(C)O)cc2)c2ccc(C(=O)C(C)(C)O)cc2)C(=O)OCc2ccc(C(=O)C(C)(C)O)cc2)cc1. The molecule has 3 atom stereocenters. The van der Waals surface area contributed by atoms with Crippen LogP contribution in [0.25, 0.3) is 0 Å². The van der Waals surface area contributed by atoms with E-state index in [-0.39, 0.29) is 28.7 Å². The number of benzene rings is 4. The van der Waals surface area contributed by atoms with Gasteiger partial charge in [0, 0.05) is 28.7 Å². The molecule has 0 bridgehead atoms. The largest absolute Gasteiger partial charge is 0.481 e. The van der Waals surface area contributed by atoms with E-state index >= 15 is 0 Å². The second-order valence-corrected chi connectivity index (χ2v) is 18.7. The van der Waals surface area contributed by atoms with Gasteiger partial charge in [-0.25, -0.2) is 0 Å². The molecule has 4 aromatic rings. The molecule has 0 aliphatic rings. The van der Waals surface area contributed by atoms with E-state index in [0.717, 1.165) is 0 Å². The van der Waals surface area contributed by atoms with Crippen molar-refractivity contribution in [1.29, 1.82) is 0 Å². The van der Waals surface area contributed by atoms with Crippen LogP contribution in [-0.2, 0) is 53.0 Å². The average molecular weight is 939 g/mol. The number of carboxylic acids is 1. The first-order chi connectivity index (χ1) is 31.4. The van der Waals surface area contributed by atoms with Gasteiger partial charge in [-0.2, -0.15) is 0 Å². The highest BCUT2D eigenvalue weighted by Crippen LogP contribution is 2.30. The molecule has 5 N–H and O–H groups in total. The van der Waals surface area contributed by atoms with Crippen molar-refractivity contribution in [3.8, 4) is 0 Å². The van der Waals surface area contributed by atoms with Crippen molar-refractivity contribution >= 4 is 47.0 Å². The van der Waals surface area contributed by atoms with Crippen molar-refractivity contribution < 1.29 is 78.1 Å². The van der Waals surface area contributed by atoms with E-state index in [1.165, 1.54) is 140 Å². The summed E-state index contributed by atoms with van der Waals surface area (Å²) in [4.78, 5) is 105. The Kier molecular flexibility index (Phi) is 17.4. The first-order valence-corrected chi connectivity index (χ1v) is 21.7. The number of rotatable bonds is 23. The molecule has 0 radical (unpaired) electrons. The molecule has 0 aliphatic carbocycles. The van der Waals surface area contributed by atoms with Crippen molar-refractivity contribution in [3.63, 3.8) is 0 Å². The number of aliphatic carboxylic acids is 1. The van der Waals surface area contributed by atoms with E-state index in [0.29, 0.717) is 22.3 Å². The fraction of sp³-hybridized carbons (Fsp3) is 0.385. The third-order valence-corrected chi connectivity index (χ3v) is 10.7. The smallest absolute Gasteiger partial charge is 0.310 e. The van der Waals surface area contributed by atoms with Gasteiger partial charge in [-0.1, -0.05) is 97.1 Å². The van der Waals surface area contributed by atoms with Gasteiger partial charge in [-0.15, -0.1) is 0 Å². The minimum Gasteiger partial charge on any atom is -0.481 e. The van der Waals surface area contributed by atoms with Gasteiger partial charge in [0.25, 0.3) is 0 Å². The number of hydrogen-bond donors (Lipinski definition) is 5. The Labute approximate surface area is 393 Å². The maximum absolute atomic E-state index is 14.1. The van der Waals surface area contributed by atoms with E-state index in [2.05, 4.69) is 0 Å². The summed E-state index contributed by atoms with van der Waals surface area (Å²) >= 11 is 0. The molecule has 0 aliphatic heterocycles. The lowest BCUT2D eigenvalue weighted by Gasteiger charge is -2.25. The van der Waals surface area contributed by atoms with Gasteiger partial charge in [-0.05, 0) is 77.6 Å². The summed E-state index contributed by atoms with van der Waals surface area (Å²) in [7, 11) is 0. The number of carbonyl (C=O) groups is 8. The first-order valence-electron chi connectivity index (χ1n) is 21.7. The highest BCUT2D eigenvalue weighted by atomic mass is 16.6. The van der Waals surface area contributed by atoms with Gasteiger partial charge in [0.05, 0.1) is 24.7 Å². The second-order valence-electron chi connectivity index (χ2n) is 18.7. The van der Waals surface area contributed by atoms with E-state index in [1.54, 1.807) is 12.1 Å². The zero-order valence-corrected chi connectivity index (χ0v) is 39.2. The highest BCUT2D eigenvalue weighted by molar-refractivity contribution is 6.03. The lowest BCUT2D eigenvalue weighted by molar-refractivity contribution is -0.169. The number of carboxylic acid groups (broad SMARTS) is 1. The van der Waals surface area contributed by atoms with Gasteiger partial charge in [-0.3, -0.25) is 38.4 Å². The quantitative estimate of drug-likeness (QED) is 0.0329. The molecular formula is C52H58O16. The second kappa shape index (κ2) is 21.9. The molecule has 3 unspecified atom stereocenters. The van der Waals surface area contributed by atoms with Crippen LogP contribution < -0.4 is 0 Å². The molecule has 0 aromatic heterocycles. The summed E-state index contributed by atoms with van der Waals surface area (Å²) in [5, 5.41) is 50.8. The molecule has 362 valence electrons. The molecule has 0 heterocycles. The molecule has 16 heteroatoms. The minimum atomic E-state index is -1.82. The number of esters is 3. The standard InChI is InChI=1S/C52H58O16/c1-49(2,62)43(56)34-15-9-30(10-16-34)25-40(33-21-23-37(24-22-33)46(59)52(7,8)65)68-42(55)27-39(48(61)67-29-32-13-19-36(20-14-32)45(58)51(5,6)64)38(26-41(53)54)47(60)66-28-31-11-17-35(18-12-31)44(57)50(3,4)63/h9-24,38-40,62-65H,25-29H2,1-8H3,(H,53,54). The van der Waals surface area contributed by atoms with Crippen molar-refractivity contribution in [2.45, 2.75) is 116 Å². The fourth-order valence-corrected chi connectivity index (χ4v) is 6.88. The predicted octanol–water partition coefficient (Wildman–Crippen LogP) is 5.91. The lowest BCUT2D eigenvalue weighted by atomic mass is 9.86. The van der Waals surface area contributed by atoms with Crippen LogP contribution in [0.1, 0.15) is 138 Å². The molecule has 0 saturated heterocycles. The molecule has 4 rings (SSSR count). The van der Waals surface area contributed by atoms with Crippen LogP contribution in [-0.4, -0.2) is 94.9 Å². The predicted molar refractivity (Wildman–Crippen MR) is 244 cm³/mol. The number of carbonyl (C=O) groups excluding carboxylic acids is 7. The lowest BCUT2D eigenvalue weighted by Crippen LogP contribution is -2.36. The first kappa shape index (κ1) is 53.9. The maximum atomic E-state index is 14.1. The van der Waals surface area contributed by atoms with Crippen LogP contribution >= 0.6 is 0 Å². The third kappa shape index (κ3) is 15.2. The van der Waals surface area contributed by atoms with Gasteiger partial charge in [0.2, 0.25) is 0 Å². The van der Waals surface area contributed by atoms with Crippen molar-refractivity contribution in [3.05, 3.63) is 142 Å². The Balaban J connectivity index is 1.68. The van der Waals surface area contributed by atoms with Crippen LogP contribution in [0.2, 0.25) is 0 Å². The molecule has 0 fully saturated rings. The Hall–Kier alpha value is -6.72. The monoisotopic (exact) mass is 938 g/mol. The van der Waals surface area contributed by atoms with Gasteiger partial charge < -0.3 is 39.7 Å². The van der Waals surface area contributed by atoms with E-state index in [4.69, 9.17) is 14.2 Å². The Bertz CT molecular complexity index is 2480. The Morgan fingerprint density at radius 1 is 0.441 bits per heavy atom. The summed E-state index contributed by atoms with van der Waals surface area (Å²) in [6.45, 7) is 9.76. The zero-order valence-electron chi connectivity index (χ0n) is 39.2. The molecule has 0 amide bonds. The minimum absolute atomic E-state index is 0.0383. The number of hydrogen-bond acceptors (Lipinski definition) is 15. The number of Topliss-reactive ketones (excluding diaryl/α,β-unsaturated/α-hetero) is 4. The summed E-state index contributed by atoms with van der Waals surface area (Å²) in [5.74, 6) is -10.8. The summed E-state index contributed by atoms with van der Waals surface area (Å²) in [6.07, 6.45) is -3.08. The third-order valence-electron chi connectivity index (χ3n) is 10.7. The summed E-state index contributed by atoms with van der Waals surface area (Å²) in [6, 6.07) is 23.4. The van der Waals surface area contributed by atoms with Crippen molar-refractivity contribution in [1.82, 2.24) is 0 Å². The topological polar surface area (TPSA) is 265 Å². The number of aliphatic hydroxyl groups is 4. The van der Waals surface area contributed by atoms with Crippen molar-refractivity contribution in [2.75, 3.05) is 0 Å². The van der Waals surface area contributed by atoms with Crippen LogP contribution in [0.3, 0.4) is 0 Å². The van der Waals surface area contributed by atoms with Crippen LogP contribution in [0.5, 0.6) is 0 Å². The van der Waals surface area contributed by atoms with E-state index in [1.807, 2.05) is 0 Å². The van der Waals surface area contributed by atoms with Crippen molar-refractivity contribution in [2.24, 2.45) is 11.8 Å². The normalized spacial score (nSPS) is 13.4. The summed E-state index contributed by atoms with van der Waals surface area (Å²) < 4.78 is 17.0. The maximum Gasteiger partial charge on any atom is 0.310 e. The number of ketones is 4. The van der Waals surface area contributed by atoms with Gasteiger partial charge in [0.1, 0.15) is 41.7 Å². The van der Waals surface area contributed by atoms with E-state index < -0.39 is 113 Å². The number of ether oxygens (including phenoxy) is 3. The highest BCUT2D eigenvalue weighted by Gasteiger charge is 2.40. The van der Waals surface area contributed by atoms with Crippen LogP contribution in [0.4, 0.5) is 0 Å². The summed E-state index contributed by atoms with van der Waals surface area (Å²) in [5.41, 5.74) is -4.36. The van der Waals surface area contributed by atoms with Gasteiger partial charge in [0.15, 0.2) is 23.1 Å². The Morgan fingerprint density at radius 3 is 1.04 bits per heavy atom. The molecule has 68 heavy (non-hydrogen) atoms. The Morgan fingerprint density at radius 2 is 0.735 bits per heavy atom.